The highest BCUT2D eigenvalue weighted by molar-refractivity contribution is 6.07. The van der Waals surface area contributed by atoms with Crippen molar-refractivity contribution in [2.75, 3.05) is 0 Å². The summed E-state index contributed by atoms with van der Waals surface area (Å²) in [7, 11) is 0. The molecule has 10 aromatic rings. The minimum atomic E-state index is -0.163. The van der Waals surface area contributed by atoms with E-state index in [2.05, 4.69) is 265 Å². The molecule has 11 nitrogen and oxygen atoms in total. The first kappa shape index (κ1) is 67.3. The first-order chi connectivity index (χ1) is 45.4. The zero-order valence-electron chi connectivity index (χ0n) is 61.0. The molecule has 2 aliphatic heterocycles. The van der Waals surface area contributed by atoms with Gasteiger partial charge in [0.15, 0.2) is 23.3 Å². The summed E-state index contributed by atoms with van der Waals surface area (Å²) in [6.45, 7) is 48.0. The van der Waals surface area contributed by atoms with Crippen LogP contribution in [-0.2, 0) is 37.9 Å². The maximum absolute atomic E-state index is 7.09. The van der Waals surface area contributed by atoms with Crippen LogP contribution in [0.3, 0.4) is 0 Å². The second-order valence-corrected chi connectivity index (χ2v) is 31.6. The largest absolute Gasteiger partial charge is 0.457 e. The molecule has 5 heterocycles. The van der Waals surface area contributed by atoms with E-state index < -0.39 is 0 Å². The second-order valence-electron chi connectivity index (χ2n) is 31.6. The Morgan fingerprint density at radius 3 is 0.875 bits per heavy atom. The van der Waals surface area contributed by atoms with Crippen molar-refractivity contribution in [3.8, 4) is 80.0 Å². The minimum absolute atomic E-state index is 0.00156. The zero-order valence-corrected chi connectivity index (χ0v) is 61.0. The van der Waals surface area contributed by atoms with Gasteiger partial charge in [-0.25, -0.2) is 29.9 Å². The van der Waals surface area contributed by atoms with Crippen LogP contribution in [0.1, 0.15) is 229 Å². The summed E-state index contributed by atoms with van der Waals surface area (Å²) in [4.78, 5) is 40.4. The van der Waals surface area contributed by atoms with E-state index in [1.807, 2.05) is 18.2 Å². The Bertz CT molecular complexity index is 4770. The molecule has 498 valence electrons. The molecule has 0 saturated carbocycles. The summed E-state index contributed by atoms with van der Waals surface area (Å²) in [5.41, 5.74) is 13.5. The number of aromatic amines is 2. The summed E-state index contributed by atoms with van der Waals surface area (Å²) in [6, 6.07) is 45.3. The SMILES string of the molecule is CCC(C)(C)c1ccc(Oc2ccc3c(c2)-c2nc-3nc3[nH]c(nc4nc(nc5[nH]c(n2)c2ccc(Oc6ccc(C(C)(C)CC)cc6C(C)(C)CC)cc52)-c2ccc(Oc5ccc(C(C)(C)CC)cc5C(C)(C)CC)cc2-4)c2ccc(C(C)(C)CC)cc32)c(C(C)(C)CC)c1. The van der Waals surface area contributed by atoms with Crippen LogP contribution in [0.2, 0.25) is 0 Å². The average Bonchev–Trinajstić information content (AvgIpc) is 1.60. The van der Waals surface area contributed by atoms with Gasteiger partial charge in [0, 0.05) is 60.5 Å². The summed E-state index contributed by atoms with van der Waals surface area (Å²) in [6.07, 6.45) is 6.81. The van der Waals surface area contributed by atoms with Gasteiger partial charge >= 0.3 is 0 Å². The molecule has 0 spiro atoms. The predicted octanol–water partition coefficient (Wildman–Crippen LogP) is 24.1. The van der Waals surface area contributed by atoms with Gasteiger partial charge in [-0.2, -0.15) is 0 Å². The van der Waals surface area contributed by atoms with Crippen LogP contribution in [0.15, 0.2) is 127 Å². The third kappa shape index (κ3) is 12.4. The number of benzene rings is 7. The van der Waals surface area contributed by atoms with Crippen molar-refractivity contribution in [3.05, 3.63) is 166 Å². The predicted molar refractivity (Wildman–Crippen MR) is 399 cm³/mol. The Hall–Kier alpha value is -8.70. The molecule has 0 atom stereocenters. The van der Waals surface area contributed by atoms with Crippen molar-refractivity contribution in [3.63, 3.8) is 0 Å². The first-order valence-electron chi connectivity index (χ1n) is 35.2. The van der Waals surface area contributed by atoms with Gasteiger partial charge in [-0.05, 0) is 184 Å². The van der Waals surface area contributed by atoms with Gasteiger partial charge in [0.2, 0.25) is 0 Å². The normalized spacial score (nSPS) is 13.1. The lowest BCUT2D eigenvalue weighted by Crippen LogP contribution is -2.20. The van der Waals surface area contributed by atoms with Crippen molar-refractivity contribution < 1.29 is 14.2 Å². The van der Waals surface area contributed by atoms with Crippen LogP contribution in [0.4, 0.5) is 0 Å². The number of fused-ring (bicyclic) bond motifs is 20. The highest BCUT2D eigenvalue weighted by atomic mass is 16.5. The fraction of sp³-hybridized carbons (Fsp3) is 0.412. The molecule has 0 radical (unpaired) electrons. The quantitative estimate of drug-likeness (QED) is 0.0764. The topological polar surface area (TPSA) is 137 Å². The molecule has 96 heavy (non-hydrogen) atoms. The third-order valence-corrected chi connectivity index (χ3v) is 22.9. The molecule has 3 aromatic heterocycles. The smallest absolute Gasteiger partial charge is 0.164 e. The Labute approximate surface area is 569 Å². The molecule has 0 amide bonds. The molecule has 11 heteroatoms. The standard InChI is InChI=1S/C85H100N8O3/c1-22-79(8,9)50-29-36-57-61(43-50)75-86-71(57)88-76-63-48-55(95-69-41-31-52(81(12,13)24-3)45-66(69)84(18,19)27-6)34-38-59(63)73(90-76)92-78-64-49-56(96-70-42-32-53(82(14,15)25-4)46-67(70)85(20,21)28-7)35-39-60(64)74(93-78)91-77-62-47-54(33-37-58(62)72(87-75)89-77)94-68-40-30-51(80(10,11)23-2)44-65(68)83(16,17)26-5/h29-49H,22-28H2,1-21H3,(H2,86,87,88,89,90,91,92,93). The summed E-state index contributed by atoms with van der Waals surface area (Å²) in [5, 5.41) is 3.43. The molecular weight excluding hydrogens is 1180 g/mol. The number of aromatic nitrogens is 8. The van der Waals surface area contributed by atoms with E-state index >= 15 is 0 Å². The van der Waals surface area contributed by atoms with Crippen molar-refractivity contribution in [2.45, 2.75) is 228 Å². The van der Waals surface area contributed by atoms with Crippen LogP contribution in [0, 0.1) is 0 Å². The van der Waals surface area contributed by atoms with Gasteiger partial charge < -0.3 is 24.2 Å². The Balaban J connectivity index is 1.11. The van der Waals surface area contributed by atoms with Gasteiger partial charge in [-0.15, -0.1) is 0 Å². The van der Waals surface area contributed by atoms with Crippen molar-refractivity contribution in [1.29, 1.82) is 0 Å². The molecule has 12 rings (SSSR count). The molecule has 0 saturated heterocycles. The van der Waals surface area contributed by atoms with Gasteiger partial charge in [0.25, 0.3) is 0 Å². The Morgan fingerprint density at radius 1 is 0.260 bits per heavy atom. The van der Waals surface area contributed by atoms with E-state index in [0.717, 1.165) is 106 Å². The van der Waals surface area contributed by atoms with Crippen molar-refractivity contribution in [2.24, 2.45) is 0 Å². The van der Waals surface area contributed by atoms with Crippen molar-refractivity contribution in [1.82, 2.24) is 39.9 Å². The Kier molecular flexibility index (Phi) is 17.3. The van der Waals surface area contributed by atoms with E-state index in [0.29, 0.717) is 63.1 Å². The van der Waals surface area contributed by atoms with E-state index in [9.17, 15) is 0 Å². The van der Waals surface area contributed by atoms with Gasteiger partial charge in [0.1, 0.15) is 57.1 Å². The van der Waals surface area contributed by atoms with Crippen LogP contribution < -0.4 is 14.2 Å². The van der Waals surface area contributed by atoms with Gasteiger partial charge in [-0.3, -0.25) is 0 Å². The maximum Gasteiger partial charge on any atom is 0.164 e. The van der Waals surface area contributed by atoms with Crippen LogP contribution >= 0.6 is 0 Å². The molecule has 2 N–H and O–H groups in total. The number of hydrogen-bond acceptors (Lipinski definition) is 9. The summed E-state index contributed by atoms with van der Waals surface area (Å²) >= 11 is 0. The van der Waals surface area contributed by atoms with Crippen LogP contribution in [0.25, 0.3) is 89.7 Å². The lowest BCUT2D eigenvalue weighted by molar-refractivity contribution is 0.432. The number of hydrogen-bond donors (Lipinski definition) is 2. The van der Waals surface area contributed by atoms with Gasteiger partial charge in [-0.1, -0.05) is 194 Å². The Morgan fingerprint density at radius 2 is 0.531 bits per heavy atom. The van der Waals surface area contributed by atoms with E-state index in [1.165, 1.54) is 38.9 Å². The molecule has 8 bridgehead atoms. The number of H-pyrrole nitrogens is 2. The third-order valence-electron chi connectivity index (χ3n) is 22.9. The molecule has 7 aromatic carbocycles. The van der Waals surface area contributed by atoms with Crippen LogP contribution in [-0.4, -0.2) is 39.9 Å². The number of rotatable bonds is 20. The maximum atomic E-state index is 7.09. The van der Waals surface area contributed by atoms with E-state index in [-0.39, 0.29) is 37.9 Å². The first-order valence-corrected chi connectivity index (χ1v) is 35.2. The lowest BCUT2D eigenvalue weighted by Gasteiger charge is -2.30. The molecular formula is C85H100N8O3. The zero-order chi connectivity index (χ0) is 68.8. The van der Waals surface area contributed by atoms with E-state index in [1.54, 1.807) is 0 Å². The molecule has 0 aliphatic carbocycles. The van der Waals surface area contributed by atoms with E-state index in [4.69, 9.17) is 44.1 Å². The number of ether oxygens (including phenoxy) is 3. The summed E-state index contributed by atoms with van der Waals surface area (Å²) in [5.74, 6) is 6.40. The highest BCUT2D eigenvalue weighted by Crippen LogP contribution is 2.48. The fourth-order valence-corrected chi connectivity index (χ4v) is 12.8. The number of nitrogens with one attached hydrogen (secondary N) is 2. The molecule has 0 fully saturated rings. The molecule has 0 unspecified atom stereocenters. The van der Waals surface area contributed by atoms with Crippen molar-refractivity contribution >= 4 is 44.1 Å². The second kappa shape index (κ2) is 24.7. The average molecular weight is 1280 g/mol. The molecule has 2 aliphatic rings. The number of nitrogens with zero attached hydrogens (tertiary/aromatic N) is 6. The van der Waals surface area contributed by atoms with Crippen LogP contribution in [0.5, 0.6) is 34.5 Å². The summed E-state index contributed by atoms with van der Waals surface area (Å²) < 4.78 is 21.2. The lowest BCUT2D eigenvalue weighted by atomic mass is 9.76. The fourth-order valence-electron chi connectivity index (χ4n) is 12.8. The minimum Gasteiger partial charge on any atom is -0.457 e. The van der Waals surface area contributed by atoms with Gasteiger partial charge in [0.05, 0.1) is 0 Å². The highest BCUT2D eigenvalue weighted by Gasteiger charge is 2.33. The monoisotopic (exact) mass is 1280 g/mol.